The Morgan fingerprint density at radius 2 is 2.30 bits per heavy atom. The van der Waals surface area contributed by atoms with Crippen LogP contribution in [-0.2, 0) is 17.8 Å². The fraction of sp³-hybridized carbons (Fsp3) is 0.588. The molecular weight excluding hydrogens is 290 g/mol. The van der Waals surface area contributed by atoms with Gasteiger partial charge >= 0.3 is 0 Å². The maximum Gasteiger partial charge on any atom is 0.224 e. The zero-order valence-corrected chi connectivity index (χ0v) is 14.0. The first kappa shape index (κ1) is 15.8. The molecule has 124 valence electrons. The Labute approximate surface area is 136 Å². The molecule has 6 heteroatoms. The SMILES string of the molecule is CCc1nccn1CCC(=O)N1CCCC[C@@H]1c1[nH]ncc1C. The number of nitrogens with one attached hydrogen (secondary N) is 1. The molecule has 6 nitrogen and oxygen atoms in total. The topological polar surface area (TPSA) is 66.8 Å². The number of H-pyrrole nitrogens is 1. The van der Waals surface area contributed by atoms with Crippen molar-refractivity contribution in [3.8, 4) is 0 Å². The number of aromatic amines is 1. The highest BCUT2D eigenvalue weighted by Gasteiger charge is 2.29. The summed E-state index contributed by atoms with van der Waals surface area (Å²) in [6.07, 6.45) is 10.3. The van der Waals surface area contributed by atoms with Gasteiger partial charge in [0, 0.05) is 38.3 Å². The van der Waals surface area contributed by atoms with Crippen LogP contribution in [0.3, 0.4) is 0 Å². The lowest BCUT2D eigenvalue weighted by Crippen LogP contribution is -2.39. The molecular formula is C17H25N5O. The molecule has 0 radical (unpaired) electrons. The summed E-state index contributed by atoms with van der Waals surface area (Å²) in [7, 11) is 0. The molecule has 1 N–H and O–H groups in total. The van der Waals surface area contributed by atoms with Gasteiger partial charge in [0.05, 0.1) is 17.9 Å². The van der Waals surface area contributed by atoms with Gasteiger partial charge in [0.1, 0.15) is 5.82 Å². The van der Waals surface area contributed by atoms with E-state index in [1.54, 1.807) is 6.20 Å². The van der Waals surface area contributed by atoms with Crippen molar-refractivity contribution in [2.45, 2.75) is 58.5 Å². The Kier molecular flexibility index (Phi) is 4.79. The van der Waals surface area contributed by atoms with E-state index in [2.05, 4.69) is 33.6 Å². The molecule has 0 aliphatic carbocycles. The number of carbonyl (C=O) groups excluding carboxylic acids is 1. The number of amides is 1. The average molecular weight is 315 g/mol. The van der Waals surface area contributed by atoms with Crippen LogP contribution in [0.2, 0.25) is 0 Å². The van der Waals surface area contributed by atoms with Crippen LogP contribution in [0.25, 0.3) is 0 Å². The van der Waals surface area contributed by atoms with Crippen molar-refractivity contribution in [3.63, 3.8) is 0 Å². The molecule has 1 atom stereocenters. The van der Waals surface area contributed by atoms with Crippen molar-refractivity contribution < 1.29 is 4.79 Å². The van der Waals surface area contributed by atoms with E-state index in [1.807, 2.05) is 17.3 Å². The zero-order chi connectivity index (χ0) is 16.2. The van der Waals surface area contributed by atoms with Crippen LogP contribution >= 0.6 is 0 Å². The average Bonchev–Trinajstić information content (AvgIpc) is 3.20. The predicted octanol–water partition coefficient (Wildman–Crippen LogP) is 2.62. The molecule has 1 aliphatic rings. The van der Waals surface area contributed by atoms with Crippen molar-refractivity contribution in [1.29, 1.82) is 0 Å². The minimum absolute atomic E-state index is 0.146. The second-order valence-corrected chi connectivity index (χ2v) is 6.21. The normalized spacial score (nSPS) is 18.3. The molecule has 2 aromatic rings. The van der Waals surface area contributed by atoms with Gasteiger partial charge in [0.15, 0.2) is 0 Å². The summed E-state index contributed by atoms with van der Waals surface area (Å²) in [5.74, 6) is 1.26. The number of aryl methyl sites for hydroxylation is 3. The van der Waals surface area contributed by atoms with E-state index in [1.165, 1.54) is 0 Å². The number of aromatic nitrogens is 4. The summed E-state index contributed by atoms with van der Waals surface area (Å²) in [6.45, 7) is 5.68. The highest BCUT2D eigenvalue weighted by Crippen LogP contribution is 2.31. The molecule has 23 heavy (non-hydrogen) atoms. The highest BCUT2D eigenvalue weighted by atomic mass is 16.2. The molecule has 1 amide bonds. The number of hydrogen-bond acceptors (Lipinski definition) is 3. The first-order chi connectivity index (χ1) is 11.2. The van der Waals surface area contributed by atoms with Crippen molar-refractivity contribution in [2.75, 3.05) is 6.54 Å². The Bertz CT molecular complexity index is 659. The molecule has 0 aromatic carbocycles. The van der Waals surface area contributed by atoms with Crippen LogP contribution in [-0.4, -0.2) is 37.1 Å². The molecule has 0 spiro atoms. The quantitative estimate of drug-likeness (QED) is 0.922. The van der Waals surface area contributed by atoms with E-state index < -0.39 is 0 Å². The molecule has 3 heterocycles. The third-order valence-corrected chi connectivity index (χ3v) is 4.71. The van der Waals surface area contributed by atoms with Crippen LogP contribution in [0.15, 0.2) is 18.6 Å². The summed E-state index contributed by atoms with van der Waals surface area (Å²) >= 11 is 0. The maximum atomic E-state index is 12.8. The van der Waals surface area contributed by atoms with Crippen molar-refractivity contribution >= 4 is 5.91 Å². The lowest BCUT2D eigenvalue weighted by atomic mass is 9.97. The van der Waals surface area contributed by atoms with Crippen LogP contribution in [0, 0.1) is 6.92 Å². The van der Waals surface area contributed by atoms with Gasteiger partial charge < -0.3 is 9.47 Å². The molecule has 0 saturated carbocycles. The first-order valence-corrected chi connectivity index (χ1v) is 8.50. The van der Waals surface area contributed by atoms with Gasteiger partial charge in [-0.05, 0) is 31.7 Å². The standard InChI is InChI=1S/C17H25N5O/c1-3-15-18-8-11-21(15)10-7-16(23)22-9-5-4-6-14(22)17-13(2)12-19-20-17/h8,11-12,14H,3-7,9-10H2,1-2H3,(H,19,20)/t14-/m1/s1. The molecule has 0 bridgehead atoms. The number of carbonyl (C=O) groups is 1. The minimum Gasteiger partial charge on any atom is -0.334 e. The monoisotopic (exact) mass is 315 g/mol. The van der Waals surface area contributed by atoms with Crippen LogP contribution in [0.1, 0.15) is 55.7 Å². The van der Waals surface area contributed by atoms with Gasteiger partial charge in [-0.3, -0.25) is 9.89 Å². The third kappa shape index (κ3) is 3.30. The second kappa shape index (κ2) is 6.98. The molecule has 1 fully saturated rings. The summed E-state index contributed by atoms with van der Waals surface area (Å²) in [5, 5.41) is 7.21. The van der Waals surface area contributed by atoms with Crippen LogP contribution in [0.5, 0.6) is 0 Å². The summed E-state index contributed by atoms with van der Waals surface area (Å²) in [5.41, 5.74) is 2.23. The van der Waals surface area contributed by atoms with Gasteiger partial charge in [-0.25, -0.2) is 4.98 Å². The van der Waals surface area contributed by atoms with Gasteiger partial charge in [-0.2, -0.15) is 5.10 Å². The fourth-order valence-corrected chi connectivity index (χ4v) is 3.44. The maximum absolute atomic E-state index is 12.8. The summed E-state index contributed by atoms with van der Waals surface area (Å²) in [6, 6.07) is 0.146. The van der Waals surface area contributed by atoms with Crippen molar-refractivity contribution in [2.24, 2.45) is 0 Å². The lowest BCUT2D eigenvalue weighted by molar-refractivity contribution is -0.135. The second-order valence-electron chi connectivity index (χ2n) is 6.21. The van der Waals surface area contributed by atoms with E-state index in [9.17, 15) is 4.79 Å². The van der Waals surface area contributed by atoms with E-state index >= 15 is 0 Å². The van der Waals surface area contributed by atoms with E-state index in [0.717, 1.165) is 49.3 Å². The fourth-order valence-electron chi connectivity index (χ4n) is 3.44. The molecule has 1 saturated heterocycles. The Balaban J connectivity index is 1.68. The predicted molar refractivity (Wildman–Crippen MR) is 87.9 cm³/mol. The lowest BCUT2D eigenvalue weighted by Gasteiger charge is -2.35. The summed E-state index contributed by atoms with van der Waals surface area (Å²) < 4.78 is 2.08. The largest absolute Gasteiger partial charge is 0.334 e. The third-order valence-electron chi connectivity index (χ3n) is 4.71. The number of likely N-dealkylation sites (tertiary alicyclic amines) is 1. The number of rotatable bonds is 5. The van der Waals surface area contributed by atoms with E-state index in [4.69, 9.17) is 0 Å². The van der Waals surface area contributed by atoms with Crippen LogP contribution < -0.4 is 0 Å². The molecule has 1 aliphatic heterocycles. The first-order valence-electron chi connectivity index (χ1n) is 8.50. The van der Waals surface area contributed by atoms with Gasteiger partial charge in [-0.1, -0.05) is 6.92 Å². The minimum atomic E-state index is 0.146. The number of imidazole rings is 1. The van der Waals surface area contributed by atoms with E-state index in [0.29, 0.717) is 13.0 Å². The van der Waals surface area contributed by atoms with E-state index in [-0.39, 0.29) is 11.9 Å². The van der Waals surface area contributed by atoms with Crippen molar-refractivity contribution in [3.05, 3.63) is 35.7 Å². The van der Waals surface area contributed by atoms with Crippen LogP contribution in [0.4, 0.5) is 0 Å². The molecule has 2 aromatic heterocycles. The number of nitrogens with zero attached hydrogens (tertiary/aromatic N) is 4. The van der Waals surface area contributed by atoms with Crippen molar-refractivity contribution in [1.82, 2.24) is 24.6 Å². The smallest absolute Gasteiger partial charge is 0.224 e. The highest BCUT2D eigenvalue weighted by molar-refractivity contribution is 5.76. The molecule has 0 unspecified atom stereocenters. The van der Waals surface area contributed by atoms with Gasteiger partial charge in [0.2, 0.25) is 5.91 Å². The Morgan fingerprint density at radius 1 is 1.43 bits per heavy atom. The zero-order valence-electron chi connectivity index (χ0n) is 14.0. The van der Waals surface area contributed by atoms with Gasteiger partial charge in [0.25, 0.3) is 0 Å². The number of hydrogen-bond donors (Lipinski definition) is 1. The van der Waals surface area contributed by atoms with Gasteiger partial charge in [-0.15, -0.1) is 0 Å². The Morgan fingerprint density at radius 3 is 3.04 bits per heavy atom. The summed E-state index contributed by atoms with van der Waals surface area (Å²) in [4.78, 5) is 19.1. The Hall–Kier alpha value is -2.11. The molecule has 3 rings (SSSR count). The number of piperidine rings is 1.